The molecule has 0 fully saturated rings. The normalized spacial score (nSPS) is 20.2. The molecule has 2 aromatic rings. The fraction of sp³-hybridized carbons (Fsp3) is 0.467. The smallest absolute Gasteiger partial charge is 0.124 e. The Morgan fingerprint density at radius 2 is 2.25 bits per heavy atom. The van der Waals surface area contributed by atoms with Crippen LogP contribution in [0.4, 0.5) is 0 Å². The van der Waals surface area contributed by atoms with Gasteiger partial charge in [-0.2, -0.15) is 0 Å². The zero-order valence-corrected chi connectivity index (χ0v) is 11.9. The van der Waals surface area contributed by atoms with E-state index in [9.17, 15) is 0 Å². The summed E-state index contributed by atoms with van der Waals surface area (Å²) >= 11 is 0. The molecule has 0 spiro atoms. The van der Waals surface area contributed by atoms with Gasteiger partial charge in [0.15, 0.2) is 0 Å². The van der Waals surface area contributed by atoms with Gasteiger partial charge in [-0.15, -0.1) is 5.10 Å². The number of fused-ring (bicyclic) bond motifs is 1. The summed E-state index contributed by atoms with van der Waals surface area (Å²) in [7, 11) is 0. The van der Waals surface area contributed by atoms with E-state index in [1.165, 1.54) is 5.56 Å². The molecule has 1 aliphatic heterocycles. The van der Waals surface area contributed by atoms with Crippen LogP contribution in [0, 0.1) is 0 Å². The van der Waals surface area contributed by atoms with Gasteiger partial charge in [0.2, 0.25) is 0 Å². The Labute approximate surface area is 118 Å². The van der Waals surface area contributed by atoms with Crippen molar-refractivity contribution in [1.82, 2.24) is 20.3 Å². The maximum Gasteiger partial charge on any atom is 0.124 e. The monoisotopic (exact) mass is 272 g/mol. The standard InChI is InChI=1S/C15H20N4O/c1-15(2)11-13(12-5-3-4-6-14(12)20-15)16-7-9-19-10-8-17-18-19/h3-6,8,10,13,16H,7,9,11H2,1-2H3. The number of benzene rings is 1. The first-order chi connectivity index (χ1) is 9.64. The molecule has 2 heterocycles. The maximum absolute atomic E-state index is 6.03. The molecule has 0 amide bonds. The highest BCUT2D eigenvalue weighted by atomic mass is 16.5. The first-order valence-corrected chi connectivity index (χ1v) is 6.99. The third kappa shape index (κ3) is 2.82. The molecule has 1 atom stereocenters. The predicted molar refractivity (Wildman–Crippen MR) is 76.5 cm³/mol. The second-order valence-electron chi connectivity index (χ2n) is 5.78. The zero-order valence-electron chi connectivity index (χ0n) is 11.9. The van der Waals surface area contributed by atoms with E-state index in [0.717, 1.165) is 25.3 Å². The summed E-state index contributed by atoms with van der Waals surface area (Å²) in [6.07, 6.45) is 4.54. The number of para-hydroxylation sites is 1. The van der Waals surface area contributed by atoms with Gasteiger partial charge in [0.25, 0.3) is 0 Å². The lowest BCUT2D eigenvalue weighted by molar-refractivity contribution is 0.0659. The summed E-state index contributed by atoms with van der Waals surface area (Å²) in [4.78, 5) is 0. The number of hydrogen-bond acceptors (Lipinski definition) is 4. The molecule has 1 aromatic carbocycles. The molecular formula is C15H20N4O. The molecule has 1 aliphatic rings. The summed E-state index contributed by atoms with van der Waals surface area (Å²) in [5.74, 6) is 0.988. The fourth-order valence-electron chi connectivity index (χ4n) is 2.69. The molecule has 5 nitrogen and oxygen atoms in total. The van der Waals surface area contributed by atoms with Crippen LogP contribution in [0.5, 0.6) is 5.75 Å². The Morgan fingerprint density at radius 1 is 1.40 bits per heavy atom. The minimum Gasteiger partial charge on any atom is -0.487 e. The number of nitrogens with one attached hydrogen (secondary N) is 1. The summed E-state index contributed by atoms with van der Waals surface area (Å²) in [5, 5.41) is 11.4. The van der Waals surface area contributed by atoms with Gasteiger partial charge in [-0.25, -0.2) is 0 Å². The van der Waals surface area contributed by atoms with Crippen molar-refractivity contribution in [2.24, 2.45) is 0 Å². The van der Waals surface area contributed by atoms with Crippen molar-refractivity contribution in [2.75, 3.05) is 6.54 Å². The van der Waals surface area contributed by atoms with Gasteiger partial charge in [0, 0.05) is 30.8 Å². The number of aromatic nitrogens is 3. The van der Waals surface area contributed by atoms with Crippen molar-refractivity contribution < 1.29 is 4.74 Å². The Balaban J connectivity index is 1.69. The quantitative estimate of drug-likeness (QED) is 0.926. The number of rotatable bonds is 4. The molecule has 5 heteroatoms. The lowest BCUT2D eigenvalue weighted by Gasteiger charge is -2.38. The molecule has 1 N–H and O–H groups in total. The SMILES string of the molecule is CC1(C)CC(NCCn2ccnn2)c2ccccc2O1. The lowest BCUT2D eigenvalue weighted by atomic mass is 9.90. The van der Waals surface area contributed by atoms with Crippen molar-refractivity contribution in [3.8, 4) is 5.75 Å². The first-order valence-electron chi connectivity index (χ1n) is 6.99. The molecule has 0 saturated carbocycles. The third-order valence-corrected chi connectivity index (χ3v) is 3.58. The van der Waals surface area contributed by atoms with Crippen molar-refractivity contribution in [3.63, 3.8) is 0 Å². The summed E-state index contributed by atoms with van der Waals surface area (Å²) in [6.45, 7) is 5.95. The zero-order chi connectivity index (χ0) is 14.0. The maximum atomic E-state index is 6.03. The van der Waals surface area contributed by atoms with Crippen molar-refractivity contribution in [1.29, 1.82) is 0 Å². The van der Waals surface area contributed by atoms with Gasteiger partial charge in [-0.3, -0.25) is 4.68 Å². The molecule has 106 valence electrons. The highest BCUT2D eigenvalue weighted by Crippen LogP contribution is 2.38. The van der Waals surface area contributed by atoms with E-state index in [2.05, 4.69) is 41.6 Å². The van der Waals surface area contributed by atoms with Crippen molar-refractivity contribution >= 4 is 0 Å². The van der Waals surface area contributed by atoms with E-state index >= 15 is 0 Å². The second kappa shape index (κ2) is 5.25. The average Bonchev–Trinajstić information content (AvgIpc) is 2.90. The van der Waals surface area contributed by atoms with Crippen LogP contribution in [0.15, 0.2) is 36.7 Å². The Hall–Kier alpha value is -1.88. The second-order valence-corrected chi connectivity index (χ2v) is 5.78. The van der Waals surface area contributed by atoms with Gasteiger partial charge in [0.1, 0.15) is 11.4 Å². The van der Waals surface area contributed by atoms with Crippen molar-refractivity contribution in [3.05, 3.63) is 42.2 Å². The predicted octanol–water partition coefficient (Wildman–Crippen LogP) is 2.17. The van der Waals surface area contributed by atoms with E-state index in [1.54, 1.807) is 6.20 Å². The summed E-state index contributed by atoms with van der Waals surface area (Å²) in [6, 6.07) is 8.58. The summed E-state index contributed by atoms with van der Waals surface area (Å²) < 4.78 is 7.87. The minimum absolute atomic E-state index is 0.140. The molecule has 0 radical (unpaired) electrons. The molecule has 1 unspecified atom stereocenters. The van der Waals surface area contributed by atoms with Crippen LogP contribution < -0.4 is 10.1 Å². The van der Waals surface area contributed by atoms with E-state index in [-0.39, 0.29) is 5.60 Å². The van der Waals surface area contributed by atoms with E-state index in [0.29, 0.717) is 6.04 Å². The molecule has 0 aliphatic carbocycles. The third-order valence-electron chi connectivity index (χ3n) is 3.58. The molecule has 20 heavy (non-hydrogen) atoms. The Bertz CT molecular complexity index is 565. The van der Waals surface area contributed by atoms with Crippen LogP contribution in [0.2, 0.25) is 0 Å². The van der Waals surface area contributed by atoms with Gasteiger partial charge in [-0.1, -0.05) is 23.4 Å². The minimum atomic E-state index is -0.140. The number of hydrogen-bond donors (Lipinski definition) is 1. The van der Waals surface area contributed by atoms with E-state index in [1.807, 2.05) is 23.0 Å². The molecule has 1 aromatic heterocycles. The van der Waals surface area contributed by atoms with Crippen LogP contribution in [-0.4, -0.2) is 27.1 Å². The van der Waals surface area contributed by atoms with Gasteiger partial charge >= 0.3 is 0 Å². The Kier molecular flexibility index (Phi) is 3.44. The highest BCUT2D eigenvalue weighted by Gasteiger charge is 2.32. The summed E-state index contributed by atoms with van der Waals surface area (Å²) in [5.41, 5.74) is 1.10. The molecule has 0 saturated heterocycles. The van der Waals surface area contributed by atoms with Crippen LogP contribution in [0.25, 0.3) is 0 Å². The van der Waals surface area contributed by atoms with Crippen LogP contribution >= 0.6 is 0 Å². The van der Waals surface area contributed by atoms with Crippen molar-refractivity contribution in [2.45, 2.75) is 38.5 Å². The molecule has 3 rings (SSSR count). The largest absolute Gasteiger partial charge is 0.487 e. The average molecular weight is 272 g/mol. The van der Waals surface area contributed by atoms with Crippen LogP contribution in [0.1, 0.15) is 31.9 Å². The number of nitrogens with zero attached hydrogens (tertiary/aromatic N) is 3. The van der Waals surface area contributed by atoms with Crippen LogP contribution in [-0.2, 0) is 6.54 Å². The van der Waals surface area contributed by atoms with Gasteiger partial charge < -0.3 is 10.1 Å². The van der Waals surface area contributed by atoms with E-state index < -0.39 is 0 Å². The fourth-order valence-corrected chi connectivity index (χ4v) is 2.69. The topological polar surface area (TPSA) is 52.0 Å². The highest BCUT2D eigenvalue weighted by molar-refractivity contribution is 5.38. The number of ether oxygens (including phenoxy) is 1. The van der Waals surface area contributed by atoms with E-state index in [4.69, 9.17) is 4.74 Å². The molecule has 0 bridgehead atoms. The first kappa shape index (κ1) is 13.1. The van der Waals surface area contributed by atoms with Crippen LogP contribution in [0.3, 0.4) is 0 Å². The van der Waals surface area contributed by atoms with Gasteiger partial charge in [0.05, 0.1) is 12.7 Å². The molecular weight excluding hydrogens is 252 g/mol. The van der Waals surface area contributed by atoms with Gasteiger partial charge in [-0.05, 0) is 19.9 Å². The Morgan fingerprint density at radius 3 is 3.05 bits per heavy atom. The lowest BCUT2D eigenvalue weighted by Crippen LogP contribution is -2.40.